The summed E-state index contributed by atoms with van der Waals surface area (Å²) in [4.78, 5) is 0. The highest BCUT2D eigenvalue weighted by molar-refractivity contribution is 7.80. The molecule has 0 amide bonds. The SMILES string of the molecule is Oc1ccc(OC(=S)c2ccccc2)cc1. The van der Waals surface area contributed by atoms with E-state index in [1.54, 1.807) is 24.3 Å². The van der Waals surface area contributed by atoms with Crippen molar-refractivity contribution < 1.29 is 9.84 Å². The minimum Gasteiger partial charge on any atom is -0.508 e. The number of ether oxygens (including phenoxy) is 1. The van der Waals surface area contributed by atoms with Crippen LogP contribution in [0.25, 0.3) is 0 Å². The van der Waals surface area contributed by atoms with Crippen molar-refractivity contribution in [2.75, 3.05) is 0 Å². The molecule has 0 saturated carbocycles. The van der Waals surface area contributed by atoms with Gasteiger partial charge in [0.1, 0.15) is 11.5 Å². The Bertz CT molecular complexity index is 477. The Morgan fingerprint density at radius 2 is 1.56 bits per heavy atom. The van der Waals surface area contributed by atoms with Gasteiger partial charge in [0, 0.05) is 5.56 Å². The van der Waals surface area contributed by atoms with E-state index in [0.717, 1.165) is 5.56 Å². The molecule has 1 N–H and O–H groups in total. The topological polar surface area (TPSA) is 29.5 Å². The highest BCUT2D eigenvalue weighted by Gasteiger charge is 2.02. The predicted molar refractivity (Wildman–Crippen MR) is 66.9 cm³/mol. The van der Waals surface area contributed by atoms with Crippen LogP contribution in [0.3, 0.4) is 0 Å². The fourth-order valence-electron chi connectivity index (χ4n) is 1.25. The zero-order chi connectivity index (χ0) is 11.4. The Labute approximate surface area is 99.1 Å². The van der Waals surface area contributed by atoms with Crippen LogP contribution in [-0.2, 0) is 0 Å². The lowest BCUT2D eigenvalue weighted by Gasteiger charge is -2.06. The summed E-state index contributed by atoms with van der Waals surface area (Å²) in [7, 11) is 0. The molecule has 80 valence electrons. The third-order valence-corrected chi connectivity index (χ3v) is 2.38. The number of aromatic hydroxyl groups is 1. The van der Waals surface area contributed by atoms with Crippen LogP contribution in [0, 0.1) is 0 Å². The van der Waals surface area contributed by atoms with Gasteiger partial charge in [-0.25, -0.2) is 0 Å². The molecule has 0 saturated heterocycles. The van der Waals surface area contributed by atoms with Crippen LogP contribution in [0.4, 0.5) is 0 Å². The molecular formula is C13H10O2S. The Morgan fingerprint density at radius 3 is 2.19 bits per heavy atom. The number of phenols is 1. The van der Waals surface area contributed by atoms with Gasteiger partial charge in [-0.2, -0.15) is 0 Å². The van der Waals surface area contributed by atoms with Crippen LogP contribution in [0.5, 0.6) is 11.5 Å². The maximum absolute atomic E-state index is 9.12. The fraction of sp³-hybridized carbons (Fsp3) is 0. The molecule has 0 unspecified atom stereocenters. The molecule has 0 aliphatic heterocycles. The van der Waals surface area contributed by atoms with E-state index in [4.69, 9.17) is 22.1 Å². The molecule has 0 bridgehead atoms. The highest BCUT2D eigenvalue weighted by atomic mass is 32.1. The lowest BCUT2D eigenvalue weighted by atomic mass is 10.2. The van der Waals surface area contributed by atoms with Gasteiger partial charge in [0.05, 0.1) is 0 Å². The summed E-state index contributed by atoms with van der Waals surface area (Å²) in [6.45, 7) is 0. The van der Waals surface area contributed by atoms with Crippen LogP contribution in [0.2, 0.25) is 0 Å². The maximum Gasteiger partial charge on any atom is 0.198 e. The molecule has 0 aromatic heterocycles. The zero-order valence-electron chi connectivity index (χ0n) is 8.46. The van der Waals surface area contributed by atoms with E-state index >= 15 is 0 Å². The summed E-state index contributed by atoms with van der Waals surface area (Å²) < 4.78 is 5.48. The predicted octanol–water partition coefficient (Wildman–Crippen LogP) is 3.15. The van der Waals surface area contributed by atoms with Crippen molar-refractivity contribution in [2.45, 2.75) is 0 Å². The summed E-state index contributed by atoms with van der Waals surface area (Å²) in [5.74, 6) is 0.824. The first-order valence-electron chi connectivity index (χ1n) is 4.82. The Morgan fingerprint density at radius 1 is 0.938 bits per heavy atom. The smallest absolute Gasteiger partial charge is 0.198 e. The average Bonchev–Trinajstić information content (AvgIpc) is 2.33. The van der Waals surface area contributed by atoms with E-state index in [2.05, 4.69) is 0 Å². The standard InChI is InChI=1S/C13H10O2S/c14-11-6-8-12(9-7-11)15-13(16)10-4-2-1-3-5-10/h1-9,14H. The third kappa shape index (κ3) is 2.58. The van der Waals surface area contributed by atoms with E-state index in [1.807, 2.05) is 30.3 Å². The first kappa shape index (κ1) is 10.6. The zero-order valence-corrected chi connectivity index (χ0v) is 9.28. The van der Waals surface area contributed by atoms with Gasteiger partial charge < -0.3 is 9.84 Å². The van der Waals surface area contributed by atoms with Crippen LogP contribution in [0.15, 0.2) is 54.6 Å². The minimum atomic E-state index is 0.206. The van der Waals surface area contributed by atoms with E-state index in [-0.39, 0.29) is 5.75 Å². The van der Waals surface area contributed by atoms with Crippen molar-refractivity contribution >= 4 is 17.3 Å². The number of rotatable bonds is 2. The van der Waals surface area contributed by atoms with Gasteiger partial charge in [-0.1, -0.05) is 30.3 Å². The molecular weight excluding hydrogens is 220 g/mol. The molecule has 0 spiro atoms. The van der Waals surface area contributed by atoms with Gasteiger partial charge in [-0.05, 0) is 36.5 Å². The van der Waals surface area contributed by atoms with Gasteiger partial charge in [0.2, 0.25) is 0 Å². The van der Waals surface area contributed by atoms with Crippen molar-refractivity contribution in [3.63, 3.8) is 0 Å². The van der Waals surface area contributed by atoms with Crippen LogP contribution in [0.1, 0.15) is 5.56 Å². The normalized spacial score (nSPS) is 9.75. The Kier molecular flexibility index (Phi) is 3.17. The molecule has 0 fully saturated rings. The quantitative estimate of drug-likeness (QED) is 0.804. The third-order valence-electron chi connectivity index (χ3n) is 2.06. The van der Waals surface area contributed by atoms with E-state index in [1.165, 1.54) is 0 Å². The van der Waals surface area contributed by atoms with Crippen molar-refractivity contribution in [2.24, 2.45) is 0 Å². The largest absolute Gasteiger partial charge is 0.508 e. The molecule has 0 aliphatic rings. The minimum absolute atomic E-state index is 0.206. The van der Waals surface area contributed by atoms with Crippen LogP contribution >= 0.6 is 12.2 Å². The second-order valence-corrected chi connectivity index (χ2v) is 3.62. The van der Waals surface area contributed by atoms with E-state index in [0.29, 0.717) is 10.8 Å². The Balaban J connectivity index is 2.11. The molecule has 0 atom stereocenters. The van der Waals surface area contributed by atoms with Crippen LogP contribution in [-0.4, -0.2) is 10.2 Å². The van der Waals surface area contributed by atoms with Gasteiger partial charge in [-0.3, -0.25) is 0 Å². The van der Waals surface area contributed by atoms with E-state index in [9.17, 15) is 0 Å². The monoisotopic (exact) mass is 230 g/mol. The number of benzene rings is 2. The van der Waals surface area contributed by atoms with Gasteiger partial charge in [-0.15, -0.1) is 0 Å². The molecule has 3 heteroatoms. The summed E-state index contributed by atoms with van der Waals surface area (Å²) in [6.07, 6.45) is 0. The molecule has 2 aromatic rings. The van der Waals surface area contributed by atoms with Gasteiger partial charge in [0.15, 0.2) is 5.05 Å². The van der Waals surface area contributed by atoms with Crippen molar-refractivity contribution in [3.05, 3.63) is 60.2 Å². The van der Waals surface area contributed by atoms with Crippen molar-refractivity contribution in [3.8, 4) is 11.5 Å². The first-order valence-corrected chi connectivity index (χ1v) is 5.23. The summed E-state index contributed by atoms with van der Waals surface area (Å²) in [5, 5.41) is 9.54. The molecule has 16 heavy (non-hydrogen) atoms. The second-order valence-electron chi connectivity index (χ2n) is 3.25. The number of hydrogen-bond donors (Lipinski definition) is 1. The second kappa shape index (κ2) is 4.77. The molecule has 2 nitrogen and oxygen atoms in total. The van der Waals surface area contributed by atoms with Crippen molar-refractivity contribution in [1.82, 2.24) is 0 Å². The first-order chi connectivity index (χ1) is 7.75. The summed E-state index contributed by atoms with van der Waals surface area (Å²) in [5.41, 5.74) is 0.866. The Hall–Kier alpha value is -1.87. The number of hydrogen-bond acceptors (Lipinski definition) is 3. The molecule has 0 radical (unpaired) electrons. The lowest BCUT2D eigenvalue weighted by molar-refractivity contribution is 0.473. The maximum atomic E-state index is 9.12. The van der Waals surface area contributed by atoms with Gasteiger partial charge >= 0.3 is 0 Å². The van der Waals surface area contributed by atoms with Gasteiger partial charge in [0.25, 0.3) is 0 Å². The number of phenolic OH excluding ortho intramolecular Hbond substituents is 1. The number of thiocarbonyl (C=S) groups is 1. The summed E-state index contributed by atoms with van der Waals surface area (Å²) >= 11 is 5.15. The fourth-order valence-corrected chi connectivity index (χ4v) is 1.49. The van der Waals surface area contributed by atoms with Crippen LogP contribution < -0.4 is 4.74 Å². The average molecular weight is 230 g/mol. The summed E-state index contributed by atoms with van der Waals surface area (Å²) in [6, 6.07) is 16.0. The molecule has 0 aliphatic carbocycles. The molecule has 2 rings (SSSR count). The molecule has 0 heterocycles. The molecule has 2 aromatic carbocycles. The van der Waals surface area contributed by atoms with Crippen molar-refractivity contribution in [1.29, 1.82) is 0 Å². The highest BCUT2D eigenvalue weighted by Crippen LogP contribution is 2.17. The lowest BCUT2D eigenvalue weighted by Crippen LogP contribution is -2.06. The van der Waals surface area contributed by atoms with E-state index < -0.39 is 0 Å².